The van der Waals surface area contributed by atoms with Gasteiger partial charge in [0, 0.05) is 48.0 Å². The molecular weight excluding hydrogens is 1980 g/mol. The highest BCUT2D eigenvalue weighted by Gasteiger charge is 2.65. The van der Waals surface area contributed by atoms with Crippen LogP contribution in [0.25, 0.3) is 0 Å². The Labute approximate surface area is 821 Å². The highest BCUT2D eigenvalue weighted by Crippen LogP contribution is 2.43. The molecule has 37 N–H and O–H groups in total. The summed E-state index contributed by atoms with van der Waals surface area (Å²) in [5, 5.41) is 365. The highest BCUT2D eigenvalue weighted by molar-refractivity contribution is 5.77. The van der Waals surface area contributed by atoms with Crippen molar-refractivity contribution < 1.29 is 287 Å². The second kappa shape index (κ2) is 53.2. The first-order chi connectivity index (χ1) is 68.3. The van der Waals surface area contributed by atoms with Crippen molar-refractivity contribution in [3.8, 4) is 0 Å². The van der Waals surface area contributed by atoms with Gasteiger partial charge in [0.25, 0.3) is 5.79 Å². The summed E-state index contributed by atoms with van der Waals surface area (Å²) in [6.07, 6.45) is -109. The van der Waals surface area contributed by atoms with Gasteiger partial charge in [-0.2, -0.15) is 0 Å². The molecule has 10 saturated heterocycles. The number of carboxylic acids is 1. The van der Waals surface area contributed by atoms with Crippen LogP contribution >= 0.6 is 0 Å². The third-order valence-electron chi connectivity index (χ3n) is 26.0. The predicted molar refractivity (Wildman–Crippen MR) is 450 cm³/mol. The second-order valence-electron chi connectivity index (χ2n) is 36.5. The van der Waals surface area contributed by atoms with Crippen LogP contribution in [0.15, 0.2) is 0 Å². The third kappa shape index (κ3) is 27.9. The van der Waals surface area contributed by atoms with E-state index in [0.29, 0.717) is 0 Å². The lowest BCUT2D eigenvalue weighted by Crippen LogP contribution is -2.71. The van der Waals surface area contributed by atoms with E-state index in [4.69, 9.17) is 94.7 Å². The van der Waals surface area contributed by atoms with Gasteiger partial charge >= 0.3 is 5.97 Å². The number of carbonyl (C=O) groups is 7. The molecule has 0 aromatic heterocycles. The Hall–Kier alpha value is -5.71. The lowest BCUT2D eigenvalue weighted by molar-refractivity contribution is -0.398. The standard InChI is InChI=1S/C81H136N6O58/c1-20-44(106)56(118)59(121)75(128-20)126-18-30(105)62(45(107)27(9-88)82-21(2)97)137-72-41(85-24(5)100)55(117)64(37(17-96)134-72)139-76-60(122)67(141-79-70(58(120)49(111)33(13-92)133-79)143-73-42(86-25(6)101)54(116)63(36(16-95)135-73)138-71-40(84-23(4)99)53(115)47(109)31(11-90)129-71)52(114)38(136-76)19-127-78-69(57(119)48(110)32(12-91)132-78)142-74-43(87-26(7)102)65(50(112)34(14-93)130-74)140-77-61(123)68(51(113)35(15-94)131-77)145-81(80(124)125)8-28(103)39(83-22(3)98)66(144-81)46(108)29(104)10-89/h20,27-79,88-96,103-123H,8-19H2,1-7H3,(H,82,97)(H,83,98)(H,84,99)(H,85,100)(H,86,101)(H,87,102)(H,124,125)/t20-,27-,28-,29+,30+,31+,32+,33+,34+,35+,36+,37+,38+,39+,40+,41+,42+,43+,44+,45+,46+,47-,48+,49+,50+,51-,52+,53+,54+,55+,56+,57-,58-,59-,60-,61+,62+,63+,64+,65+,66+,67-,68-,69-,70-,71-,72-,73-,74-,75+,76-,77-,78-,79+,81-/m0/s1. The first kappa shape index (κ1) is 121. The van der Waals surface area contributed by atoms with Crippen LogP contribution in [0.5, 0.6) is 0 Å². The number of carboxylic acid groups (broad SMARTS) is 1. The van der Waals surface area contributed by atoms with Gasteiger partial charge in [0.15, 0.2) is 56.6 Å². The van der Waals surface area contributed by atoms with Crippen LogP contribution in [0.2, 0.25) is 0 Å². The monoisotopic (exact) mass is 2120 g/mol. The van der Waals surface area contributed by atoms with E-state index in [-0.39, 0.29) is 0 Å². The molecule has 10 fully saturated rings. The fourth-order valence-corrected chi connectivity index (χ4v) is 18.4. The van der Waals surface area contributed by atoms with Crippen molar-refractivity contribution in [3.05, 3.63) is 0 Å². The molecule has 0 saturated carbocycles. The topological polar surface area (TPSA) is 1000 Å². The molecule has 145 heavy (non-hydrogen) atoms. The molecule has 0 unspecified atom stereocenters. The van der Waals surface area contributed by atoms with Crippen molar-refractivity contribution in [2.75, 3.05) is 72.7 Å². The number of aliphatic carboxylic acids is 1. The average molecular weight is 2120 g/mol. The van der Waals surface area contributed by atoms with Gasteiger partial charge in [-0.25, -0.2) is 4.79 Å². The summed E-state index contributed by atoms with van der Waals surface area (Å²) >= 11 is 0. The molecule has 0 aromatic rings. The minimum atomic E-state index is -3.38. The van der Waals surface area contributed by atoms with E-state index in [9.17, 15) is 192 Å². The summed E-state index contributed by atoms with van der Waals surface area (Å²) < 4.78 is 120. The van der Waals surface area contributed by atoms with Crippen molar-refractivity contribution in [2.24, 2.45) is 0 Å². The van der Waals surface area contributed by atoms with Gasteiger partial charge in [0.05, 0.1) is 97.0 Å². The van der Waals surface area contributed by atoms with Gasteiger partial charge in [-0.15, -0.1) is 0 Å². The number of amides is 6. The Morgan fingerprint density at radius 3 is 1.19 bits per heavy atom. The minimum Gasteiger partial charge on any atom is -0.477 e. The van der Waals surface area contributed by atoms with Crippen molar-refractivity contribution in [3.63, 3.8) is 0 Å². The molecule has 0 aromatic carbocycles. The number of ether oxygens (including phenoxy) is 20. The van der Waals surface area contributed by atoms with Gasteiger partial charge in [-0.1, -0.05) is 0 Å². The highest BCUT2D eigenvalue weighted by atomic mass is 16.8. The second-order valence-corrected chi connectivity index (χ2v) is 36.5. The number of carbonyl (C=O) groups excluding carboxylic acids is 6. The van der Waals surface area contributed by atoms with E-state index >= 15 is 0 Å². The van der Waals surface area contributed by atoms with Crippen molar-refractivity contribution in [2.45, 2.75) is 392 Å². The predicted octanol–water partition coefficient (Wildman–Crippen LogP) is -24.2. The summed E-state index contributed by atoms with van der Waals surface area (Å²) in [6, 6.07) is -11.7. The van der Waals surface area contributed by atoms with E-state index in [1.807, 2.05) is 0 Å². The molecule has 0 aliphatic carbocycles. The lowest BCUT2D eigenvalue weighted by Gasteiger charge is -2.51. The fraction of sp³-hybridized carbons (Fsp3) is 0.914. The largest absolute Gasteiger partial charge is 0.477 e. The molecule has 55 atom stereocenters. The summed E-state index contributed by atoms with van der Waals surface area (Å²) in [4.78, 5) is 90.8. The average Bonchev–Trinajstić information content (AvgIpc) is 0.749. The van der Waals surface area contributed by atoms with Crippen molar-refractivity contribution >= 4 is 41.4 Å². The summed E-state index contributed by atoms with van der Waals surface area (Å²) in [5.74, 6) is -11.5. The number of aliphatic hydroxyl groups is 30. The lowest BCUT2D eigenvalue weighted by atomic mass is 9.88. The van der Waals surface area contributed by atoms with Crippen LogP contribution in [0.1, 0.15) is 54.9 Å². The third-order valence-corrected chi connectivity index (χ3v) is 26.0. The Kier molecular flexibility index (Phi) is 44.5. The number of aliphatic hydroxyl groups excluding tert-OH is 30. The van der Waals surface area contributed by atoms with E-state index < -0.39 is 457 Å². The number of rotatable bonds is 43. The molecule has 0 bridgehead atoms. The van der Waals surface area contributed by atoms with Crippen LogP contribution in [0.3, 0.4) is 0 Å². The first-order valence-electron chi connectivity index (χ1n) is 46.0. The Morgan fingerprint density at radius 1 is 0.331 bits per heavy atom. The summed E-state index contributed by atoms with van der Waals surface area (Å²) in [5.41, 5.74) is 0. The molecule has 6 amide bonds. The quantitative estimate of drug-likeness (QED) is 0.0270. The van der Waals surface area contributed by atoms with Crippen LogP contribution in [0, 0.1) is 0 Å². The van der Waals surface area contributed by atoms with E-state index in [1.54, 1.807) is 0 Å². The molecule has 10 heterocycles. The first-order valence-corrected chi connectivity index (χ1v) is 46.0. The van der Waals surface area contributed by atoms with Gasteiger partial charge in [-0.3, -0.25) is 28.8 Å². The van der Waals surface area contributed by atoms with E-state index in [0.717, 1.165) is 41.5 Å². The maximum atomic E-state index is 13.5. The van der Waals surface area contributed by atoms with E-state index in [1.165, 1.54) is 6.92 Å². The molecule has 64 nitrogen and oxygen atoms in total. The van der Waals surface area contributed by atoms with E-state index in [2.05, 4.69) is 31.9 Å². The molecule has 10 rings (SSSR count). The summed E-state index contributed by atoms with van der Waals surface area (Å²) in [6.45, 7) is -6.84. The molecule has 0 radical (unpaired) electrons. The number of nitrogens with one attached hydrogen (secondary N) is 6. The van der Waals surface area contributed by atoms with Gasteiger partial charge in [-0.05, 0) is 6.92 Å². The molecule has 10 aliphatic rings. The SMILES string of the molecule is CC(=O)N[C@H]1[C@H](O[C@@H]([C@H](O)[C@H](CO)NC(C)=O)[C@H](O)CO[C@@H]2O[C@@H](C)[C@@H](O)[C@@H](O)[C@@H]2O)O[C@H](CO)[C@@H](O[C@@H]2O[C@H](CO[C@H]3O[C@H](CO)[C@@H](O)[C@H](O)[C@@H]3O[C@@H]3O[C@H](CO)[C@@H](O)[C@H](O[C@@H]4O[C@H](CO)[C@H](O)[C@H](O[C@]5(C(=O)O)C[C@H](O)[C@@H](NC(C)=O)[C@H]([C@H](O)[C@H](O)CO)O5)[C@H]4O)[C@H]3NC(C)=O)[C@@H](O)[C@H](O[C@H]3O[C@H](CO)[C@@H](O)[C@H](O)[C@@H]3O[C@@H]3O[C@H](CO)[C@@H](O[C@@H]4O[C@H](CO)[C@H](O)[C@H](O)[C@H]4NC(C)=O)[C@H](O)[C@H]3NC(C)=O)[C@@H]2O)[C@@H]1O. The molecular formula is C81H136N6O58. The van der Waals surface area contributed by atoms with Crippen LogP contribution in [0.4, 0.5) is 0 Å². The molecule has 0 spiro atoms. The van der Waals surface area contributed by atoms with Crippen molar-refractivity contribution in [1.82, 2.24) is 31.9 Å². The normalized spacial score (nSPS) is 44.9. The molecule has 838 valence electrons. The Bertz CT molecular complexity index is 4090. The zero-order chi connectivity index (χ0) is 108. The van der Waals surface area contributed by atoms with Gasteiger partial charge in [0.1, 0.15) is 250 Å². The number of hydrogen-bond acceptors (Lipinski definition) is 57. The molecule has 64 heteroatoms. The smallest absolute Gasteiger partial charge is 0.364 e. The van der Waals surface area contributed by atoms with Crippen LogP contribution in [-0.4, -0.2) is 609 Å². The van der Waals surface area contributed by atoms with Crippen molar-refractivity contribution in [1.29, 1.82) is 0 Å². The zero-order valence-corrected chi connectivity index (χ0v) is 78.5. The Morgan fingerprint density at radius 2 is 0.710 bits per heavy atom. The maximum Gasteiger partial charge on any atom is 0.364 e. The Balaban J connectivity index is 1.01. The van der Waals surface area contributed by atoms with Gasteiger partial charge < -0.3 is 285 Å². The zero-order valence-electron chi connectivity index (χ0n) is 78.5. The summed E-state index contributed by atoms with van der Waals surface area (Å²) in [7, 11) is 0. The fourth-order valence-electron chi connectivity index (χ4n) is 18.4. The minimum absolute atomic E-state index is 0.837. The van der Waals surface area contributed by atoms with Crippen LogP contribution in [-0.2, 0) is 128 Å². The molecule has 10 aliphatic heterocycles. The van der Waals surface area contributed by atoms with Gasteiger partial charge in [0.2, 0.25) is 35.4 Å². The number of hydrogen-bond donors (Lipinski definition) is 37. The van der Waals surface area contributed by atoms with Crippen LogP contribution < -0.4 is 31.9 Å². The maximum absolute atomic E-state index is 13.5.